The molecule has 0 aliphatic carbocycles. The molecule has 0 saturated carbocycles. The predicted molar refractivity (Wildman–Crippen MR) is 105 cm³/mol. The van der Waals surface area contributed by atoms with Crippen LogP contribution in [-0.2, 0) is 17.9 Å². The van der Waals surface area contributed by atoms with Gasteiger partial charge in [0.25, 0.3) is 0 Å². The van der Waals surface area contributed by atoms with Gasteiger partial charge in [0.05, 0.1) is 6.54 Å². The summed E-state index contributed by atoms with van der Waals surface area (Å²) in [4.78, 5) is 20.6. The van der Waals surface area contributed by atoms with Crippen LogP contribution in [0.5, 0.6) is 0 Å². The van der Waals surface area contributed by atoms with Gasteiger partial charge in [0.15, 0.2) is 5.96 Å². The van der Waals surface area contributed by atoms with E-state index in [-0.39, 0.29) is 5.91 Å². The maximum absolute atomic E-state index is 11.7. The number of likely N-dealkylation sites (N-methyl/N-ethyl adjacent to an activating group) is 1. The number of amides is 1. The van der Waals surface area contributed by atoms with E-state index >= 15 is 0 Å². The van der Waals surface area contributed by atoms with Crippen molar-refractivity contribution in [1.29, 1.82) is 0 Å². The lowest BCUT2D eigenvalue weighted by Gasteiger charge is -2.23. The molecule has 6 heteroatoms. The summed E-state index contributed by atoms with van der Waals surface area (Å²) in [6, 6.07) is 8.88. The van der Waals surface area contributed by atoms with Crippen LogP contribution in [0, 0.1) is 0 Å². The summed E-state index contributed by atoms with van der Waals surface area (Å²) in [5.41, 5.74) is 8.31. The van der Waals surface area contributed by atoms with Crippen LogP contribution >= 0.6 is 0 Å². The second kappa shape index (κ2) is 9.03. The third-order valence-electron chi connectivity index (χ3n) is 5.42. The first kappa shape index (κ1) is 18.7. The lowest BCUT2D eigenvalue weighted by atomic mass is 10.1. The number of nitrogens with one attached hydrogen (secondary N) is 1. The largest absolute Gasteiger partial charge is 0.370 e. The van der Waals surface area contributed by atoms with E-state index in [1.54, 1.807) is 0 Å². The molecule has 142 valence electrons. The maximum atomic E-state index is 11.7. The second-order valence-corrected chi connectivity index (χ2v) is 7.24. The molecule has 1 atom stereocenters. The Bertz CT molecular complexity index is 628. The van der Waals surface area contributed by atoms with E-state index in [0.717, 1.165) is 31.6 Å². The van der Waals surface area contributed by atoms with E-state index in [1.807, 2.05) is 4.90 Å². The van der Waals surface area contributed by atoms with Gasteiger partial charge in [-0.25, -0.2) is 4.99 Å². The Kier molecular flexibility index (Phi) is 6.50. The van der Waals surface area contributed by atoms with E-state index in [4.69, 9.17) is 5.73 Å². The van der Waals surface area contributed by atoms with Crippen LogP contribution in [0.4, 0.5) is 0 Å². The fourth-order valence-electron chi connectivity index (χ4n) is 3.84. The number of aliphatic imine (C=N–C) groups is 1. The lowest BCUT2D eigenvalue weighted by molar-refractivity contribution is -0.128. The summed E-state index contributed by atoms with van der Waals surface area (Å²) < 4.78 is 0. The Hall–Kier alpha value is -2.08. The molecule has 2 aliphatic heterocycles. The molecule has 1 amide bonds. The molecule has 2 aliphatic rings. The van der Waals surface area contributed by atoms with Crippen LogP contribution in [0.25, 0.3) is 0 Å². The molecule has 1 aromatic carbocycles. The minimum atomic E-state index is 0.265. The fourth-order valence-corrected chi connectivity index (χ4v) is 3.84. The Morgan fingerprint density at radius 3 is 2.69 bits per heavy atom. The molecular formula is C20H31N5O. The molecule has 2 saturated heterocycles. The molecule has 3 rings (SSSR count). The van der Waals surface area contributed by atoms with Gasteiger partial charge in [-0.3, -0.25) is 9.69 Å². The molecule has 0 radical (unpaired) electrons. The van der Waals surface area contributed by atoms with Crippen molar-refractivity contribution in [2.45, 2.75) is 51.7 Å². The van der Waals surface area contributed by atoms with E-state index < -0.39 is 0 Å². The van der Waals surface area contributed by atoms with Crippen molar-refractivity contribution in [3.63, 3.8) is 0 Å². The Labute approximate surface area is 156 Å². The van der Waals surface area contributed by atoms with Gasteiger partial charge in [-0.2, -0.15) is 0 Å². The summed E-state index contributed by atoms with van der Waals surface area (Å²) in [7, 11) is 0. The van der Waals surface area contributed by atoms with Crippen LogP contribution < -0.4 is 11.1 Å². The van der Waals surface area contributed by atoms with E-state index in [2.05, 4.69) is 46.4 Å². The van der Waals surface area contributed by atoms with Crippen molar-refractivity contribution in [3.05, 3.63) is 35.4 Å². The van der Waals surface area contributed by atoms with Gasteiger partial charge in [0.1, 0.15) is 0 Å². The predicted octanol–water partition coefficient (Wildman–Crippen LogP) is 1.70. The molecule has 6 nitrogen and oxygen atoms in total. The minimum Gasteiger partial charge on any atom is -0.370 e. The third kappa shape index (κ3) is 4.97. The molecule has 0 spiro atoms. The first-order valence-electron chi connectivity index (χ1n) is 9.79. The van der Waals surface area contributed by atoms with Gasteiger partial charge in [0.2, 0.25) is 5.91 Å². The second-order valence-electron chi connectivity index (χ2n) is 7.24. The zero-order valence-electron chi connectivity index (χ0n) is 15.8. The van der Waals surface area contributed by atoms with Crippen molar-refractivity contribution in [2.75, 3.05) is 26.2 Å². The summed E-state index contributed by atoms with van der Waals surface area (Å²) in [5.74, 6) is 0.779. The van der Waals surface area contributed by atoms with E-state index in [9.17, 15) is 4.79 Å². The number of likely N-dealkylation sites (tertiary alicyclic amines) is 2. The van der Waals surface area contributed by atoms with Gasteiger partial charge in [-0.1, -0.05) is 31.2 Å². The summed E-state index contributed by atoms with van der Waals surface area (Å²) >= 11 is 0. The monoisotopic (exact) mass is 357 g/mol. The third-order valence-corrected chi connectivity index (χ3v) is 5.42. The van der Waals surface area contributed by atoms with Crippen molar-refractivity contribution < 1.29 is 4.79 Å². The quantitative estimate of drug-likeness (QED) is 0.575. The van der Waals surface area contributed by atoms with Crippen molar-refractivity contribution in [3.8, 4) is 0 Å². The number of hydrogen-bond donors (Lipinski definition) is 2. The van der Waals surface area contributed by atoms with Crippen LogP contribution in [0.1, 0.15) is 43.7 Å². The zero-order chi connectivity index (χ0) is 18.4. The van der Waals surface area contributed by atoms with Crippen molar-refractivity contribution in [2.24, 2.45) is 10.7 Å². The first-order valence-corrected chi connectivity index (χ1v) is 9.79. The van der Waals surface area contributed by atoms with Gasteiger partial charge < -0.3 is 16.0 Å². The molecule has 2 fully saturated rings. The average Bonchev–Trinajstić information content (AvgIpc) is 3.28. The van der Waals surface area contributed by atoms with E-state index in [1.165, 1.54) is 24.9 Å². The highest BCUT2D eigenvalue weighted by Gasteiger charge is 2.22. The van der Waals surface area contributed by atoms with Crippen LogP contribution in [0.2, 0.25) is 0 Å². The fraction of sp³-hybridized carbons (Fsp3) is 0.600. The van der Waals surface area contributed by atoms with Gasteiger partial charge >= 0.3 is 0 Å². The highest BCUT2D eigenvalue weighted by atomic mass is 16.2. The van der Waals surface area contributed by atoms with Crippen LogP contribution in [0.3, 0.4) is 0 Å². The summed E-state index contributed by atoms with van der Waals surface area (Å²) in [6.45, 7) is 7.52. The maximum Gasteiger partial charge on any atom is 0.222 e. The number of hydrogen-bond acceptors (Lipinski definition) is 3. The Morgan fingerprint density at radius 1 is 1.23 bits per heavy atom. The van der Waals surface area contributed by atoms with Crippen LogP contribution in [0.15, 0.2) is 29.3 Å². The van der Waals surface area contributed by atoms with Gasteiger partial charge in [-0.15, -0.1) is 0 Å². The first-order chi connectivity index (χ1) is 12.7. The topological polar surface area (TPSA) is 74.0 Å². The number of rotatable bonds is 7. The zero-order valence-corrected chi connectivity index (χ0v) is 15.8. The Balaban J connectivity index is 1.44. The number of carbonyl (C=O) groups excluding carboxylic acids is 1. The summed E-state index contributed by atoms with van der Waals surface area (Å²) in [6.07, 6.45) is 4.17. The molecule has 1 unspecified atom stereocenters. The van der Waals surface area contributed by atoms with Gasteiger partial charge in [-0.05, 0) is 43.5 Å². The number of carbonyl (C=O) groups is 1. The Morgan fingerprint density at radius 2 is 2.00 bits per heavy atom. The lowest BCUT2D eigenvalue weighted by Crippen LogP contribution is -2.42. The SMILES string of the molecule is CCN1CCCC1CNC(N)=NCc1ccc(CN2CCCC2=O)cc1. The number of benzene rings is 1. The van der Waals surface area contributed by atoms with Crippen molar-refractivity contribution in [1.82, 2.24) is 15.1 Å². The smallest absolute Gasteiger partial charge is 0.222 e. The molecule has 3 N–H and O–H groups in total. The van der Waals surface area contributed by atoms with Crippen LogP contribution in [-0.4, -0.2) is 53.9 Å². The molecule has 0 aromatic heterocycles. The number of nitrogens with two attached hydrogens (primary N) is 1. The number of guanidine groups is 1. The van der Waals surface area contributed by atoms with E-state index in [0.29, 0.717) is 31.5 Å². The number of nitrogens with zero attached hydrogens (tertiary/aromatic N) is 3. The molecule has 26 heavy (non-hydrogen) atoms. The molecule has 2 heterocycles. The molecular weight excluding hydrogens is 326 g/mol. The van der Waals surface area contributed by atoms with Crippen molar-refractivity contribution >= 4 is 11.9 Å². The standard InChI is InChI=1S/C20H31N5O/c1-2-24-11-3-5-18(24)14-23-20(21)22-13-16-7-9-17(10-8-16)15-25-12-4-6-19(25)26/h7-10,18H,2-6,11-15H2,1H3,(H3,21,22,23). The molecule has 1 aromatic rings. The summed E-state index contributed by atoms with van der Waals surface area (Å²) in [5, 5.41) is 3.27. The highest BCUT2D eigenvalue weighted by molar-refractivity contribution is 5.78. The van der Waals surface area contributed by atoms with Gasteiger partial charge in [0, 0.05) is 32.1 Å². The minimum absolute atomic E-state index is 0.265. The normalized spacial score (nSPS) is 21.6. The highest BCUT2D eigenvalue weighted by Crippen LogP contribution is 2.16. The average molecular weight is 358 g/mol. The molecule has 0 bridgehead atoms.